The van der Waals surface area contributed by atoms with Gasteiger partial charge in [0.25, 0.3) is 5.91 Å². The van der Waals surface area contributed by atoms with Crippen LogP contribution in [0.5, 0.6) is 0 Å². The van der Waals surface area contributed by atoms with Crippen molar-refractivity contribution in [1.82, 2.24) is 5.32 Å². The molecule has 0 saturated carbocycles. The van der Waals surface area contributed by atoms with Gasteiger partial charge in [-0.2, -0.15) is 0 Å². The zero-order valence-electron chi connectivity index (χ0n) is 13.6. The number of carbonyl (C=O) groups is 2. The van der Waals surface area contributed by atoms with Gasteiger partial charge >= 0.3 is 5.97 Å². The van der Waals surface area contributed by atoms with Crippen molar-refractivity contribution in [3.05, 3.63) is 70.3 Å². The number of carboxylic acid groups (broad SMARTS) is 1. The van der Waals surface area contributed by atoms with E-state index in [1.807, 2.05) is 63.2 Å². The third kappa shape index (κ3) is 4.19. The number of hydrogen-bond donors (Lipinski definition) is 2. The first-order chi connectivity index (χ1) is 10.9. The Morgan fingerprint density at radius 2 is 1.61 bits per heavy atom. The summed E-state index contributed by atoms with van der Waals surface area (Å²) < 4.78 is 0. The summed E-state index contributed by atoms with van der Waals surface area (Å²) in [7, 11) is 0. The zero-order chi connectivity index (χ0) is 17.0. The first-order valence-corrected chi connectivity index (χ1v) is 7.54. The summed E-state index contributed by atoms with van der Waals surface area (Å²) in [4.78, 5) is 24.0. The quantitative estimate of drug-likeness (QED) is 0.892. The molecule has 2 aromatic rings. The summed E-state index contributed by atoms with van der Waals surface area (Å²) in [6.07, 6.45) is 0.256. The third-order valence-corrected chi connectivity index (χ3v) is 3.79. The fraction of sp³-hybridized carbons (Fsp3) is 0.263. The molecule has 23 heavy (non-hydrogen) atoms. The molecule has 2 aromatic carbocycles. The second-order valence-electron chi connectivity index (χ2n) is 5.83. The highest BCUT2D eigenvalue weighted by Gasteiger charge is 2.22. The molecular formula is C19H21NO3. The summed E-state index contributed by atoms with van der Waals surface area (Å²) in [6, 6.07) is 12.2. The Balaban J connectivity index is 2.21. The van der Waals surface area contributed by atoms with Crippen molar-refractivity contribution >= 4 is 11.9 Å². The van der Waals surface area contributed by atoms with Crippen molar-refractivity contribution in [2.75, 3.05) is 0 Å². The van der Waals surface area contributed by atoms with Gasteiger partial charge in [-0.1, -0.05) is 48.0 Å². The average molecular weight is 311 g/mol. The molecule has 120 valence electrons. The highest BCUT2D eigenvalue weighted by molar-refractivity contribution is 5.99. The maximum atomic E-state index is 12.5. The molecule has 0 radical (unpaired) electrons. The van der Waals surface area contributed by atoms with Crippen LogP contribution in [0.4, 0.5) is 0 Å². The minimum Gasteiger partial charge on any atom is -0.480 e. The number of aryl methyl sites for hydroxylation is 3. The van der Waals surface area contributed by atoms with Crippen molar-refractivity contribution in [1.29, 1.82) is 0 Å². The third-order valence-electron chi connectivity index (χ3n) is 3.79. The number of aliphatic carboxylic acids is 1. The lowest BCUT2D eigenvalue weighted by molar-refractivity contribution is -0.139. The maximum absolute atomic E-state index is 12.5. The molecule has 2 rings (SSSR count). The molecule has 4 heteroatoms. The Bertz CT molecular complexity index is 700. The fourth-order valence-electron chi connectivity index (χ4n) is 2.82. The van der Waals surface area contributed by atoms with E-state index in [9.17, 15) is 14.7 Å². The first-order valence-electron chi connectivity index (χ1n) is 7.54. The lowest BCUT2D eigenvalue weighted by Gasteiger charge is -2.17. The molecule has 0 spiro atoms. The molecule has 0 saturated heterocycles. The predicted molar refractivity (Wildman–Crippen MR) is 89.7 cm³/mol. The normalized spacial score (nSPS) is 11.8. The second kappa shape index (κ2) is 7.09. The Morgan fingerprint density at radius 3 is 2.13 bits per heavy atom. The second-order valence-corrected chi connectivity index (χ2v) is 5.83. The Hall–Kier alpha value is -2.62. The largest absolute Gasteiger partial charge is 0.480 e. The van der Waals surface area contributed by atoms with Gasteiger partial charge in [-0.15, -0.1) is 0 Å². The number of carbonyl (C=O) groups excluding carboxylic acids is 1. The van der Waals surface area contributed by atoms with Gasteiger partial charge in [-0.05, 0) is 37.5 Å². The van der Waals surface area contributed by atoms with Gasteiger partial charge in [0, 0.05) is 12.0 Å². The first kappa shape index (κ1) is 16.7. The van der Waals surface area contributed by atoms with Crippen molar-refractivity contribution in [3.63, 3.8) is 0 Å². The van der Waals surface area contributed by atoms with Crippen LogP contribution < -0.4 is 5.32 Å². The number of hydrogen-bond acceptors (Lipinski definition) is 2. The average Bonchev–Trinajstić information content (AvgIpc) is 2.46. The molecule has 0 aromatic heterocycles. The molecule has 0 fully saturated rings. The molecule has 1 amide bonds. The Kier molecular flexibility index (Phi) is 5.16. The molecule has 0 bridgehead atoms. The molecule has 0 aliphatic rings. The van der Waals surface area contributed by atoms with Gasteiger partial charge in [-0.25, -0.2) is 4.79 Å². The van der Waals surface area contributed by atoms with Crippen LogP contribution in [0, 0.1) is 20.8 Å². The van der Waals surface area contributed by atoms with E-state index >= 15 is 0 Å². The number of amides is 1. The number of benzene rings is 2. The maximum Gasteiger partial charge on any atom is 0.326 e. The van der Waals surface area contributed by atoms with E-state index in [0.29, 0.717) is 5.56 Å². The molecule has 0 aliphatic heterocycles. The summed E-state index contributed by atoms with van der Waals surface area (Å²) in [5, 5.41) is 12.0. The van der Waals surface area contributed by atoms with E-state index in [2.05, 4.69) is 5.32 Å². The summed E-state index contributed by atoms with van der Waals surface area (Å²) in [5.74, 6) is -1.38. The van der Waals surface area contributed by atoms with Crippen LogP contribution in [0.1, 0.15) is 32.6 Å². The molecular weight excluding hydrogens is 290 g/mol. The van der Waals surface area contributed by atoms with Crippen molar-refractivity contribution < 1.29 is 14.7 Å². The summed E-state index contributed by atoms with van der Waals surface area (Å²) in [6.45, 7) is 5.70. The van der Waals surface area contributed by atoms with Gasteiger partial charge in [0.05, 0.1) is 0 Å². The standard InChI is InChI=1S/C19H21NO3/c1-12-9-13(2)17(14(3)10-12)18(21)20-16(19(22)23)11-15-7-5-4-6-8-15/h4-10,16H,11H2,1-3H3,(H,20,21)(H,22,23)/t16-/m0/s1. The van der Waals surface area contributed by atoms with Crippen molar-refractivity contribution in [2.24, 2.45) is 0 Å². The van der Waals surface area contributed by atoms with Crippen LogP contribution in [-0.4, -0.2) is 23.0 Å². The zero-order valence-corrected chi connectivity index (χ0v) is 13.6. The van der Waals surface area contributed by atoms with Gasteiger partial charge in [0.2, 0.25) is 0 Å². The van der Waals surface area contributed by atoms with Crippen LogP contribution in [-0.2, 0) is 11.2 Å². The van der Waals surface area contributed by atoms with Crippen LogP contribution in [0.2, 0.25) is 0 Å². The molecule has 0 unspecified atom stereocenters. The molecule has 2 N–H and O–H groups in total. The Morgan fingerprint density at radius 1 is 1.04 bits per heavy atom. The summed E-state index contributed by atoms with van der Waals surface area (Å²) in [5.41, 5.74) is 4.20. The molecule has 4 nitrogen and oxygen atoms in total. The highest BCUT2D eigenvalue weighted by Crippen LogP contribution is 2.16. The number of carboxylic acids is 1. The summed E-state index contributed by atoms with van der Waals surface area (Å²) >= 11 is 0. The monoisotopic (exact) mass is 311 g/mol. The number of nitrogens with one attached hydrogen (secondary N) is 1. The minimum atomic E-state index is -1.04. The minimum absolute atomic E-state index is 0.256. The highest BCUT2D eigenvalue weighted by atomic mass is 16.4. The van der Waals surface area contributed by atoms with Crippen LogP contribution in [0.3, 0.4) is 0 Å². The van der Waals surface area contributed by atoms with Crippen LogP contribution in [0.25, 0.3) is 0 Å². The van der Waals surface area contributed by atoms with Crippen molar-refractivity contribution in [2.45, 2.75) is 33.2 Å². The van der Waals surface area contributed by atoms with E-state index in [-0.39, 0.29) is 12.3 Å². The molecule has 0 heterocycles. The van der Waals surface area contributed by atoms with Gasteiger partial charge in [0.15, 0.2) is 0 Å². The van der Waals surface area contributed by atoms with E-state index in [0.717, 1.165) is 22.3 Å². The van der Waals surface area contributed by atoms with E-state index in [4.69, 9.17) is 0 Å². The van der Waals surface area contributed by atoms with Gasteiger partial charge in [0.1, 0.15) is 6.04 Å². The lowest BCUT2D eigenvalue weighted by atomic mass is 9.98. The topological polar surface area (TPSA) is 66.4 Å². The Labute approximate surface area is 136 Å². The van der Waals surface area contributed by atoms with Crippen LogP contribution in [0.15, 0.2) is 42.5 Å². The van der Waals surface area contributed by atoms with Gasteiger partial charge in [-0.3, -0.25) is 4.79 Å². The van der Waals surface area contributed by atoms with Crippen molar-refractivity contribution in [3.8, 4) is 0 Å². The molecule has 1 atom stereocenters. The number of rotatable bonds is 5. The predicted octanol–water partition coefficient (Wildman–Crippen LogP) is 3.04. The van der Waals surface area contributed by atoms with E-state index in [1.54, 1.807) is 0 Å². The fourth-order valence-corrected chi connectivity index (χ4v) is 2.82. The molecule has 0 aliphatic carbocycles. The van der Waals surface area contributed by atoms with Gasteiger partial charge < -0.3 is 10.4 Å². The van der Waals surface area contributed by atoms with E-state index < -0.39 is 12.0 Å². The van der Waals surface area contributed by atoms with Crippen LogP contribution >= 0.6 is 0 Å². The lowest BCUT2D eigenvalue weighted by Crippen LogP contribution is -2.42. The SMILES string of the molecule is Cc1cc(C)c(C(=O)N[C@@H](Cc2ccccc2)C(=O)O)c(C)c1. The van der Waals surface area contributed by atoms with E-state index in [1.165, 1.54) is 0 Å². The smallest absolute Gasteiger partial charge is 0.326 e.